The summed E-state index contributed by atoms with van der Waals surface area (Å²) < 4.78 is 0. The van der Waals surface area contributed by atoms with Gasteiger partial charge >= 0.3 is 11.8 Å². The molecule has 2 amide bonds. The molecule has 1 heterocycles. The maximum atomic E-state index is 12.1. The first-order chi connectivity index (χ1) is 9.06. The number of aliphatic hydroxyl groups is 1. The molecule has 0 radical (unpaired) electrons. The molecule has 0 aromatic heterocycles. The molecule has 1 N–H and O–H groups in total. The Hall–Kier alpha value is -1.88. The quantitative estimate of drug-likeness (QED) is 0.811. The zero-order valence-electron chi connectivity index (χ0n) is 11.2. The van der Waals surface area contributed by atoms with E-state index in [1.165, 1.54) is 9.80 Å². The fraction of sp³-hybridized carbons (Fsp3) is 0.429. The maximum Gasteiger partial charge on any atom is 0.316 e. The highest BCUT2D eigenvalue weighted by atomic mass is 16.3. The van der Waals surface area contributed by atoms with E-state index in [1.807, 2.05) is 31.2 Å². The molecule has 1 aromatic rings. The average molecular weight is 262 g/mol. The molecular formula is C14H18N2O3. The van der Waals surface area contributed by atoms with E-state index in [0.29, 0.717) is 13.1 Å². The lowest BCUT2D eigenvalue weighted by Crippen LogP contribution is -2.53. The summed E-state index contributed by atoms with van der Waals surface area (Å²) in [6.45, 7) is 2.90. The summed E-state index contributed by atoms with van der Waals surface area (Å²) in [6, 6.07) is 7.40. The standard InChI is InChI=1S/C14H18N2O3/c1-10(9-17)11-5-3-4-6-12(11)16-8-7-15(2)13(18)14(16)19/h3-6,10,17H,7-9H2,1-2H3. The van der Waals surface area contributed by atoms with E-state index in [1.54, 1.807) is 7.05 Å². The summed E-state index contributed by atoms with van der Waals surface area (Å²) in [6.07, 6.45) is 0. The van der Waals surface area contributed by atoms with Crippen molar-refractivity contribution in [1.82, 2.24) is 4.90 Å². The molecule has 19 heavy (non-hydrogen) atoms. The van der Waals surface area contributed by atoms with Gasteiger partial charge in [-0.15, -0.1) is 0 Å². The Morgan fingerprint density at radius 1 is 1.21 bits per heavy atom. The molecule has 0 aliphatic carbocycles. The molecule has 1 saturated heterocycles. The number of anilines is 1. The van der Waals surface area contributed by atoms with Gasteiger partial charge in [-0.1, -0.05) is 25.1 Å². The van der Waals surface area contributed by atoms with Gasteiger partial charge in [0, 0.05) is 38.3 Å². The van der Waals surface area contributed by atoms with E-state index in [2.05, 4.69) is 0 Å². The second-order valence-electron chi connectivity index (χ2n) is 4.83. The van der Waals surface area contributed by atoms with Crippen LogP contribution in [0.15, 0.2) is 24.3 Å². The second-order valence-corrected chi connectivity index (χ2v) is 4.83. The van der Waals surface area contributed by atoms with Crippen molar-refractivity contribution in [2.75, 3.05) is 31.6 Å². The van der Waals surface area contributed by atoms with Crippen LogP contribution in [0.25, 0.3) is 0 Å². The first-order valence-corrected chi connectivity index (χ1v) is 6.33. The predicted molar refractivity (Wildman–Crippen MR) is 71.9 cm³/mol. The smallest absolute Gasteiger partial charge is 0.316 e. The number of carbonyl (C=O) groups excluding carboxylic acids is 2. The summed E-state index contributed by atoms with van der Waals surface area (Å²) in [7, 11) is 1.62. The van der Waals surface area contributed by atoms with Gasteiger partial charge in [-0.2, -0.15) is 0 Å². The molecule has 5 nitrogen and oxygen atoms in total. The molecule has 102 valence electrons. The van der Waals surface area contributed by atoms with Crippen LogP contribution < -0.4 is 4.90 Å². The van der Waals surface area contributed by atoms with E-state index in [4.69, 9.17) is 0 Å². The van der Waals surface area contributed by atoms with Crippen LogP contribution in [0.4, 0.5) is 5.69 Å². The first-order valence-electron chi connectivity index (χ1n) is 6.33. The largest absolute Gasteiger partial charge is 0.396 e. The zero-order chi connectivity index (χ0) is 14.0. The van der Waals surface area contributed by atoms with Gasteiger partial charge in [0.1, 0.15) is 0 Å². The summed E-state index contributed by atoms with van der Waals surface area (Å²) in [5.74, 6) is -1.07. The van der Waals surface area contributed by atoms with Gasteiger partial charge < -0.3 is 14.9 Å². The summed E-state index contributed by atoms with van der Waals surface area (Å²) in [4.78, 5) is 26.7. The Morgan fingerprint density at radius 3 is 2.58 bits per heavy atom. The lowest BCUT2D eigenvalue weighted by atomic mass is 9.99. The lowest BCUT2D eigenvalue weighted by molar-refractivity contribution is -0.145. The molecule has 0 bridgehead atoms. The zero-order valence-corrected chi connectivity index (χ0v) is 11.2. The van der Waals surface area contributed by atoms with E-state index in [9.17, 15) is 14.7 Å². The van der Waals surface area contributed by atoms with Crippen molar-refractivity contribution in [3.63, 3.8) is 0 Å². The Balaban J connectivity index is 2.37. The van der Waals surface area contributed by atoms with Gasteiger partial charge in [0.15, 0.2) is 0 Å². The summed E-state index contributed by atoms with van der Waals surface area (Å²) in [5, 5.41) is 9.29. The van der Waals surface area contributed by atoms with Crippen molar-refractivity contribution in [2.24, 2.45) is 0 Å². The number of nitrogens with zero attached hydrogens (tertiary/aromatic N) is 2. The van der Waals surface area contributed by atoms with Crippen LogP contribution in [-0.4, -0.2) is 48.6 Å². The normalized spacial score (nSPS) is 17.8. The Labute approximate surface area is 112 Å². The average Bonchev–Trinajstić information content (AvgIpc) is 2.44. The molecule has 1 atom stereocenters. The lowest BCUT2D eigenvalue weighted by Gasteiger charge is -2.33. The van der Waals surface area contributed by atoms with E-state index < -0.39 is 11.8 Å². The minimum Gasteiger partial charge on any atom is -0.396 e. The first kappa shape index (κ1) is 13.5. The number of hydrogen-bond acceptors (Lipinski definition) is 3. The van der Waals surface area contributed by atoms with Crippen molar-refractivity contribution in [3.05, 3.63) is 29.8 Å². The minimum atomic E-state index is -0.508. The molecule has 1 fully saturated rings. The summed E-state index contributed by atoms with van der Waals surface area (Å²) in [5.41, 5.74) is 1.60. The number of likely N-dealkylation sites (N-methyl/N-ethyl adjacent to an activating group) is 1. The minimum absolute atomic E-state index is 0.00684. The molecular weight excluding hydrogens is 244 g/mol. The molecule has 1 aromatic carbocycles. The predicted octanol–water partition coefficient (Wildman–Crippen LogP) is 0.587. The molecule has 1 aliphatic rings. The highest BCUT2D eigenvalue weighted by Gasteiger charge is 2.32. The van der Waals surface area contributed by atoms with E-state index in [-0.39, 0.29) is 12.5 Å². The number of carbonyl (C=O) groups is 2. The maximum absolute atomic E-state index is 12.1. The third kappa shape index (κ3) is 2.46. The third-order valence-corrected chi connectivity index (χ3v) is 3.47. The van der Waals surface area contributed by atoms with Gasteiger partial charge in [-0.25, -0.2) is 0 Å². The van der Waals surface area contributed by atoms with Crippen molar-refractivity contribution < 1.29 is 14.7 Å². The van der Waals surface area contributed by atoms with Crippen LogP contribution in [0, 0.1) is 0 Å². The number of amides is 2. The van der Waals surface area contributed by atoms with Crippen LogP contribution >= 0.6 is 0 Å². The van der Waals surface area contributed by atoms with Gasteiger partial charge in [0.25, 0.3) is 0 Å². The van der Waals surface area contributed by atoms with Crippen molar-refractivity contribution in [3.8, 4) is 0 Å². The molecule has 0 spiro atoms. The molecule has 5 heteroatoms. The van der Waals surface area contributed by atoms with Gasteiger partial charge in [-0.05, 0) is 11.6 Å². The van der Waals surface area contributed by atoms with Gasteiger partial charge in [-0.3, -0.25) is 9.59 Å². The summed E-state index contributed by atoms with van der Waals surface area (Å²) >= 11 is 0. The second kappa shape index (κ2) is 5.40. The topological polar surface area (TPSA) is 60.9 Å². The van der Waals surface area contributed by atoms with Crippen LogP contribution in [0.2, 0.25) is 0 Å². The number of hydrogen-bond donors (Lipinski definition) is 1. The molecule has 1 aliphatic heterocycles. The monoisotopic (exact) mass is 262 g/mol. The van der Waals surface area contributed by atoms with Gasteiger partial charge in [0.05, 0.1) is 0 Å². The third-order valence-electron chi connectivity index (χ3n) is 3.47. The molecule has 1 unspecified atom stereocenters. The number of aliphatic hydroxyl groups excluding tert-OH is 1. The molecule has 0 saturated carbocycles. The van der Waals surface area contributed by atoms with E-state index >= 15 is 0 Å². The fourth-order valence-electron chi connectivity index (χ4n) is 2.21. The van der Waals surface area contributed by atoms with E-state index in [0.717, 1.165) is 11.3 Å². The number of para-hydroxylation sites is 1. The van der Waals surface area contributed by atoms with Gasteiger partial charge in [0.2, 0.25) is 0 Å². The SMILES string of the molecule is CC(CO)c1ccccc1N1CCN(C)C(=O)C1=O. The number of piperazine rings is 1. The van der Waals surface area contributed by atoms with Crippen molar-refractivity contribution in [1.29, 1.82) is 0 Å². The molecule has 2 rings (SSSR count). The van der Waals surface area contributed by atoms with Crippen LogP contribution in [0.5, 0.6) is 0 Å². The van der Waals surface area contributed by atoms with Crippen LogP contribution in [0.1, 0.15) is 18.4 Å². The highest BCUT2D eigenvalue weighted by Crippen LogP contribution is 2.28. The highest BCUT2D eigenvalue weighted by molar-refractivity contribution is 6.41. The number of benzene rings is 1. The number of rotatable bonds is 3. The Kier molecular flexibility index (Phi) is 3.85. The fourth-order valence-corrected chi connectivity index (χ4v) is 2.21. The Bertz CT molecular complexity index is 501. The Morgan fingerprint density at radius 2 is 1.89 bits per heavy atom. The van der Waals surface area contributed by atoms with Crippen molar-refractivity contribution >= 4 is 17.5 Å². The van der Waals surface area contributed by atoms with Crippen LogP contribution in [0.3, 0.4) is 0 Å². The van der Waals surface area contributed by atoms with Crippen LogP contribution in [-0.2, 0) is 9.59 Å². The van der Waals surface area contributed by atoms with Crippen molar-refractivity contribution in [2.45, 2.75) is 12.8 Å².